The predicted molar refractivity (Wildman–Crippen MR) is 130 cm³/mol. The van der Waals surface area contributed by atoms with Crippen LogP contribution in [0.5, 0.6) is 0 Å². The second kappa shape index (κ2) is 10.7. The molecule has 0 spiro atoms. The number of aliphatic carboxylic acids is 1. The van der Waals surface area contributed by atoms with Crippen LogP contribution in [-0.2, 0) is 14.3 Å². The first-order valence-electron chi connectivity index (χ1n) is 11.8. The maximum atomic E-state index is 12.9. The lowest BCUT2D eigenvalue weighted by molar-refractivity contribution is -0.142. The molecule has 3 N–H and O–H groups in total. The van der Waals surface area contributed by atoms with E-state index in [9.17, 15) is 19.5 Å². The van der Waals surface area contributed by atoms with E-state index in [2.05, 4.69) is 22.8 Å². The maximum Gasteiger partial charge on any atom is 0.407 e. The number of nitrogens with one attached hydrogen (secondary N) is 2. The molecule has 7 nitrogen and oxygen atoms in total. The molecule has 0 saturated heterocycles. The molecule has 0 aromatic heterocycles. The summed E-state index contributed by atoms with van der Waals surface area (Å²) in [6.45, 7) is 7.57. The molecular formula is C27H34N2O5. The van der Waals surface area contributed by atoms with Crippen LogP contribution in [-0.4, -0.2) is 42.3 Å². The Morgan fingerprint density at radius 3 is 2.06 bits per heavy atom. The zero-order valence-corrected chi connectivity index (χ0v) is 20.3. The fourth-order valence-electron chi connectivity index (χ4n) is 4.42. The molecule has 0 radical (unpaired) electrons. The molecule has 2 amide bonds. The van der Waals surface area contributed by atoms with Crippen LogP contribution in [0.15, 0.2) is 48.5 Å². The summed E-state index contributed by atoms with van der Waals surface area (Å²) < 4.78 is 5.59. The largest absolute Gasteiger partial charge is 0.481 e. The van der Waals surface area contributed by atoms with Gasteiger partial charge in [-0.1, -0.05) is 82.6 Å². The van der Waals surface area contributed by atoms with Crippen LogP contribution >= 0.6 is 0 Å². The van der Waals surface area contributed by atoms with E-state index >= 15 is 0 Å². The van der Waals surface area contributed by atoms with Crippen LogP contribution in [0.4, 0.5) is 4.79 Å². The number of hydrogen-bond acceptors (Lipinski definition) is 4. The van der Waals surface area contributed by atoms with Crippen molar-refractivity contribution in [3.63, 3.8) is 0 Å². The Morgan fingerprint density at radius 1 is 1.00 bits per heavy atom. The Morgan fingerprint density at radius 2 is 1.56 bits per heavy atom. The minimum atomic E-state index is -0.945. The van der Waals surface area contributed by atoms with Gasteiger partial charge >= 0.3 is 12.1 Å². The van der Waals surface area contributed by atoms with Crippen molar-refractivity contribution in [1.29, 1.82) is 0 Å². The normalized spacial score (nSPS) is 14.5. The number of carbonyl (C=O) groups excluding carboxylic acids is 2. The number of fused-ring (bicyclic) bond motifs is 3. The van der Waals surface area contributed by atoms with Crippen molar-refractivity contribution >= 4 is 18.0 Å². The highest BCUT2D eigenvalue weighted by atomic mass is 16.5. The fourth-order valence-corrected chi connectivity index (χ4v) is 4.42. The van der Waals surface area contributed by atoms with Gasteiger partial charge in [0.15, 0.2) is 0 Å². The van der Waals surface area contributed by atoms with Crippen molar-refractivity contribution in [1.82, 2.24) is 10.6 Å². The van der Waals surface area contributed by atoms with Crippen molar-refractivity contribution in [3.8, 4) is 11.1 Å². The van der Waals surface area contributed by atoms with Gasteiger partial charge in [0, 0.05) is 12.5 Å². The van der Waals surface area contributed by atoms with Gasteiger partial charge in [-0.05, 0) is 34.1 Å². The summed E-state index contributed by atoms with van der Waals surface area (Å²) in [5, 5.41) is 14.7. The van der Waals surface area contributed by atoms with Crippen LogP contribution in [0.25, 0.3) is 11.1 Å². The molecule has 0 heterocycles. The third-order valence-corrected chi connectivity index (χ3v) is 6.24. The Balaban J connectivity index is 1.65. The van der Waals surface area contributed by atoms with Crippen LogP contribution in [0.3, 0.4) is 0 Å². The van der Waals surface area contributed by atoms with E-state index in [1.807, 2.05) is 64.1 Å². The molecule has 3 rings (SSSR count). The Hall–Kier alpha value is -3.35. The summed E-state index contributed by atoms with van der Waals surface area (Å²) in [4.78, 5) is 37.0. The number of alkyl carbamates (subject to hydrolysis) is 1. The summed E-state index contributed by atoms with van der Waals surface area (Å²) >= 11 is 0. The lowest BCUT2D eigenvalue weighted by Crippen LogP contribution is -2.54. The second-order valence-electron chi connectivity index (χ2n) is 9.84. The lowest BCUT2D eigenvalue weighted by atomic mass is 9.86. The minimum absolute atomic E-state index is 0.0148. The zero-order valence-electron chi connectivity index (χ0n) is 20.3. The molecule has 0 aliphatic heterocycles. The number of rotatable bonds is 9. The number of ether oxygens (including phenoxy) is 1. The Bertz CT molecular complexity index is 998. The molecule has 7 heteroatoms. The smallest absolute Gasteiger partial charge is 0.407 e. The summed E-state index contributed by atoms with van der Waals surface area (Å²) in [6, 6.07) is 15.3. The maximum absolute atomic E-state index is 12.9. The number of amides is 2. The van der Waals surface area contributed by atoms with E-state index in [1.165, 1.54) is 0 Å². The van der Waals surface area contributed by atoms with Gasteiger partial charge in [0.25, 0.3) is 0 Å². The Labute approximate surface area is 200 Å². The van der Waals surface area contributed by atoms with Gasteiger partial charge in [0.05, 0.1) is 5.92 Å². The van der Waals surface area contributed by atoms with Crippen molar-refractivity contribution in [2.24, 2.45) is 11.3 Å². The molecule has 0 saturated carbocycles. The summed E-state index contributed by atoms with van der Waals surface area (Å²) in [6.07, 6.45) is 0.489. The number of carboxylic acid groups (broad SMARTS) is 1. The van der Waals surface area contributed by atoms with Crippen molar-refractivity contribution < 1.29 is 24.2 Å². The van der Waals surface area contributed by atoms with Gasteiger partial charge in [-0.25, -0.2) is 4.79 Å². The Kier molecular flexibility index (Phi) is 7.97. The molecule has 2 atom stereocenters. The standard InChI is InChI=1S/C27H34N2O5/c1-5-10-17(25(31)32)15-28-24(30)23(27(2,3)4)29-26(33)34-16-22-20-13-8-6-11-18(20)19-12-7-9-14-21(19)22/h6-9,11-14,17,22-23H,5,10,15-16H2,1-4H3,(H,28,30)(H,29,33)(H,31,32). The summed E-state index contributed by atoms with van der Waals surface area (Å²) in [5.41, 5.74) is 3.90. The fraction of sp³-hybridized carbons (Fsp3) is 0.444. The summed E-state index contributed by atoms with van der Waals surface area (Å²) in [7, 11) is 0. The average molecular weight is 467 g/mol. The van der Waals surface area contributed by atoms with E-state index in [0.717, 1.165) is 22.3 Å². The summed E-state index contributed by atoms with van der Waals surface area (Å²) in [5.74, 6) is -2.11. The average Bonchev–Trinajstić information content (AvgIpc) is 3.11. The third kappa shape index (κ3) is 5.76. The van der Waals surface area contributed by atoms with E-state index < -0.39 is 35.3 Å². The molecular weight excluding hydrogens is 432 g/mol. The van der Waals surface area contributed by atoms with Crippen LogP contribution in [0.2, 0.25) is 0 Å². The van der Waals surface area contributed by atoms with Crippen LogP contribution in [0, 0.1) is 11.3 Å². The lowest BCUT2D eigenvalue weighted by Gasteiger charge is -2.30. The monoisotopic (exact) mass is 466 g/mol. The van der Waals surface area contributed by atoms with Gasteiger partial charge in [-0.3, -0.25) is 9.59 Å². The zero-order chi connectivity index (χ0) is 24.9. The third-order valence-electron chi connectivity index (χ3n) is 6.24. The molecule has 1 aliphatic rings. The first-order chi connectivity index (χ1) is 16.1. The minimum Gasteiger partial charge on any atom is -0.481 e. The highest BCUT2D eigenvalue weighted by Gasteiger charge is 2.35. The number of carbonyl (C=O) groups is 3. The molecule has 2 aromatic carbocycles. The van der Waals surface area contributed by atoms with Crippen molar-refractivity contribution in [3.05, 3.63) is 59.7 Å². The van der Waals surface area contributed by atoms with Crippen LogP contribution in [0.1, 0.15) is 57.6 Å². The van der Waals surface area contributed by atoms with Crippen molar-refractivity contribution in [2.75, 3.05) is 13.2 Å². The van der Waals surface area contributed by atoms with Crippen molar-refractivity contribution in [2.45, 2.75) is 52.5 Å². The molecule has 34 heavy (non-hydrogen) atoms. The van der Waals surface area contributed by atoms with Gasteiger partial charge in [-0.2, -0.15) is 0 Å². The molecule has 2 unspecified atom stereocenters. The first-order valence-corrected chi connectivity index (χ1v) is 11.8. The van der Waals surface area contributed by atoms with E-state index in [-0.39, 0.29) is 19.1 Å². The SMILES string of the molecule is CCCC(CNC(=O)C(NC(=O)OCC1c2ccccc2-c2ccccc21)C(C)(C)C)C(=O)O. The molecule has 0 bridgehead atoms. The van der Waals surface area contributed by atoms with E-state index in [1.54, 1.807) is 0 Å². The van der Waals surface area contributed by atoms with Gasteiger partial charge in [0.2, 0.25) is 5.91 Å². The van der Waals surface area contributed by atoms with Crippen LogP contribution < -0.4 is 10.6 Å². The van der Waals surface area contributed by atoms with Gasteiger partial charge < -0.3 is 20.5 Å². The topological polar surface area (TPSA) is 105 Å². The van der Waals surface area contributed by atoms with Gasteiger partial charge in [0.1, 0.15) is 12.6 Å². The molecule has 2 aromatic rings. The number of hydrogen-bond donors (Lipinski definition) is 3. The van der Waals surface area contributed by atoms with E-state index in [0.29, 0.717) is 12.8 Å². The molecule has 0 fully saturated rings. The number of carboxylic acids is 1. The van der Waals surface area contributed by atoms with Gasteiger partial charge in [-0.15, -0.1) is 0 Å². The quantitative estimate of drug-likeness (QED) is 0.503. The molecule has 182 valence electrons. The van der Waals surface area contributed by atoms with E-state index in [4.69, 9.17) is 4.74 Å². The highest BCUT2D eigenvalue weighted by Crippen LogP contribution is 2.44. The first kappa shape index (κ1) is 25.3. The highest BCUT2D eigenvalue weighted by molar-refractivity contribution is 5.87. The predicted octanol–water partition coefficient (Wildman–Crippen LogP) is 4.56. The second-order valence-corrected chi connectivity index (χ2v) is 9.84. The molecule has 1 aliphatic carbocycles. The number of benzene rings is 2.